The highest BCUT2D eigenvalue weighted by Crippen LogP contribution is 2.25. The molecule has 0 fully saturated rings. The number of methoxy groups -OCH3 is 1. The summed E-state index contributed by atoms with van der Waals surface area (Å²) in [5, 5.41) is 0.730. The van der Waals surface area contributed by atoms with Crippen molar-refractivity contribution >= 4 is 27.5 Å². The smallest absolute Gasteiger partial charge is 0.133 e. The van der Waals surface area contributed by atoms with Crippen molar-refractivity contribution in [3.8, 4) is 5.75 Å². The summed E-state index contributed by atoms with van der Waals surface area (Å²) in [5.74, 6) is 0.818. The third-order valence-corrected chi connectivity index (χ3v) is 3.50. The van der Waals surface area contributed by atoms with Crippen molar-refractivity contribution in [1.82, 2.24) is 0 Å². The summed E-state index contributed by atoms with van der Waals surface area (Å²) in [7, 11) is 1.65. The van der Waals surface area contributed by atoms with Crippen molar-refractivity contribution in [2.24, 2.45) is 0 Å². The Hall–Kier alpha value is -1.03. The molecule has 0 aromatic heterocycles. The Morgan fingerprint density at radius 2 is 1.79 bits per heavy atom. The first-order valence-corrected chi connectivity index (χ1v) is 7.01. The van der Waals surface area contributed by atoms with Crippen LogP contribution < -0.4 is 4.74 Å². The van der Waals surface area contributed by atoms with Crippen molar-refractivity contribution in [1.29, 1.82) is 0 Å². The van der Waals surface area contributed by atoms with Gasteiger partial charge in [0.1, 0.15) is 5.75 Å². The van der Waals surface area contributed by atoms with Gasteiger partial charge in [0.25, 0.3) is 0 Å². The number of hydrogen-bond acceptors (Lipinski definition) is 2. The van der Waals surface area contributed by atoms with Gasteiger partial charge in [-0.15, -0.1) is 0 Å². The summed E-state index contributed by atoms with van der Waals surface area (Å²) in [5.41, 5.74) is 2.16. The van der Waals surface area contributed by atoms with Crippen molar-refractivity contribution in [3.05, 3.63) is 63.1 Å². The van der Waals surface area contributed by atoms with Gasteiger partial charge in [0.05, 0.1) is 24.8 Å². The molecule has 100 valence electrons. The highest BCUT2D eigenvalue weighted by Gasteiger charge is 2.02. The molecule has 0 aliphatic rings. The zero-order valence-corrected chi connectivity index (χ0v) is 12.9. The van der Waals surface area contributed by atoms with E-state index in [1.54, 1.807) is 7.11 Å². The average Bonchev–Trinajstić information content (AvgIpc) is 2.39. The fourth-order valence-electron chi connectivity index (χ4n) is 1.71. The molecule has 0 saturated heterocycles. The average molecular weight is 342 g/mol. The fraction of sp³-hybridized carbons (Fsp3) is 0.200. The quantitative estimate of drug-likeness (QED) is 0.775. The molecule has 2 rings (SSSR count). The van der Waals surface area contributed by atoms with Crippen LogP contribution in [0.5, 0.6) is 5.75 Å². The maximum absolute atomic E-state index is 5.92. The molecular formula is C15H14BrClO2. The van der Waals surface area contributed by atoms with Crippen LogP contribution in [0.4, 0.5) is 0 Å². The molecule has 0 spiro atoms. The van der Waals surface area contributed by atoms with Gasteiger partial charge in [-0.05, 0) is 51.3 Å². The predicted molar refractivity (Wildman–Crippen MR) is 80.6 cm³/mol. The Balaban J connectivity index is 1.90. The number of ether oxygens (including phenoxy) is 2. The molecule has 2 nitrogen and oxygen atoms in total. The summed E-state index contributed by atoms with van der Waals surface area (Å²) in [6.07, 6.45) is 0. The molecule has 0 N–H and O–H groups in total. The third-order valence-electron chi connectivity index (χ3n) is 2.64. The Morgan fingerprint density at radius 1 is 1.05 bits per heavy atom. The van der Waals surface area contributed by atoms with Crippen LogP contribution in [-0.4, -0.2) is 7.11 Å². The van der Waals surface area contributed by atoms with Crippen molar-refractivity contribution in [3.63, 3.8) is 0 Å². The van der Waals surface area contributed by atoms with E-state index in [4.69, 9.17) is 21.1 Å². The van der Waals surface area contributed by atoms with E-state index in [1.165, 1.54) is 0 Å². The fourth-order valence-corrected chi connectivity index (χ4v) is 2.51. The Kier molecular flexibility index (Phi) is 5.25. The molecule has 0 saturated carbocycles. The highest BCUT2D eigenvalue weighted by molar-refractivity contribution is 9.10. The van der Waals surface area contributed by atoms with Crippen LogP contribution in [0.3, 0.4) is 0 Å². The van der Waals surface area contributed by atoms with Crippen molar-refractivity contribution < 1.29 is 9.47 Å². The van der Waals surface area contributed by atoms with Gasteiger partial charge in [-0.3, -0.25) is 0 Å². The molecule has 0 unspecified atom stereocenters. The Labute approximate surface area is 126 Å². The topological polar surface area (TPSA) is 18.5 Å². The van der Waals surface area contributed by atoms with Crippen LogP contribution in [0.2, 0.25) is 5.02 Å². The summed E-state index contributed by atoms with van der Waals surface area (Å²) in [6, 6.07) is 13.6. The second-order valence-electron chi connectivity index (χ2n) is 4.09. The van der Waals surface area contributed by atoms with Crippen LogP contribution in [0.15, 0.2) is 46.9 Å². The third kappa shape index (κ3) is 4.23. The van der Waals surface area contributed by atoms with E-state index in [2.05, 4.69) is 15.9 Å². The number of benzene rings is 2. The van der Waals surface area contributed by atoms with E-state index in [9.17, 15) is 0 Å². The van der Waals surface area contributed by atoms with Gasteiger partial charge >= 0.3 is 0 Å². The number of rotatable bonds is 5. The Bertz CT molecular complexity index is 558. The summed E-state index contributed by atoms with van der Waals surface area (Å²) in [4.78, 5) is 0. The molecule has 2 aromatic rings. The second kappa shape index (κ2) is 6.94. The maximum atomic E-state index is 5.92. The van der Waals surface area contributed by atoms with Gasteiger partial charge in [0.15, 0.2) is 0 Å². The minimum absolute atomic E-state index is 0.546. The number of halogens is 2. The lowest BCUT2D eigenvalue weighted by Gasteiger charge is -2.08. The molecule has 0 heterocycles. The number of hydrogen-bond donors (Lipinski definition) is 0. The molecule has 19 heavy (non-hydrogen) atoms. The summed E-state index contributed by atoms with van der Waals surface area (Å²) < 4.78 is 11.8. The van der Waals surface area contributed by atoms with Gasteiger partial charge in [-0.25, -0.2) is 0 Å². The zero-order valence-electron chi connectivity index (χ0n) is 10.5. The molecule has 2 aromatic carbocycles. The monoisotopic (exact) mass is 340 g/mol. The van der Waals surface area contributed by atoms with Gasteiger partial charge in [-0.1, -0.05) is 29.8 Å². The van der Waals surface area contributed by atoms with Crippen LogP contribution in [-0.2, 0) is 18.0 Å². The highest BCUT2D eigenvalue weighted by atomic mass is 79.9. The largest absolute Gasteiger partial charge is 0.496 e. The van der Waals surface area contributed by atoms with E-state index < -0.39 is 0 Å². The molecule has 0 aliphatic carbocycles. The first-order valence-electron chi connectivity index (χ1n) is 5.83. The van der Waals surface area contributed by atoms with E-state index in [0.29, 0.717) is 13.2 Å². The standard InChI is InChI=1S/C15H14BrClO2/c1-18-15-6-5-12(8-14(15)16)10-19-9-11-3-2-4-13(17)7-11/h2-8H,9-10H2,1H3. The van der Waals surface area contributed by atoms with Crippen LogP contribution in [0.25, 0.3) is 0 Å². The molecule has 4 heteroatoms. The van der Waals surface area contributed by atoms with Gasteiger partial charge < -0.3 is 9.47 Å². The van der Waals surface area contributed by atoms with Gasteiger partial charge in [-0.2, -0.15) is 0 Å². The predicted octanol–water partition coefficient (Wildman–Crippen LogP) is 4.83. The van der Waals surface area contributed by atoms with E-state index in [0.717, 1.165) is 26.4 Å². The maximum Gasteiger partial charge on any atom is 0.133 e. The molecular weight excluding hydrogens is 328 g/mol. The minimum Gasteiger partial charge on any atom is -0.496 e. The summed E-state index contributed by atoms with van der Waals surface area (Å²) in [6.45, 7) is 1.10. The van der Waals surface area contributed by atoms with Gasteiger partial charge in [0.2, 0.25) is 0 Å². The van der Waals surface area contributed by atoms with E-state index in [-0.39, 0.29) is 0 Å². The van der Waals surface area contributed by atoms with E-state index >= 15 is 0 Å². The molecule has 0 bridgehead atoms. The van der Waals surface area contributed by atoms with Crippen molar-refractivity contribution in [2.45, 2.75) is 13.2 Å². The summed E-state index contributed by atoms with van der Waals surface area (Å²) >= 11 is 9.37. The normalized spacial score (nSPS) is 10.5. The zero-order chi connectivity index (χ0) is 13.7. The molecule has 0 atom stereocenters. The molecule has 0 aliphatic heterocycles. The SMILES string of the molecule is COc1ccc(COCc2cccc(Cl)c2)cc1Br. The second-order valence-corrected chi connectivity index (χ2v) is 5.38. The molecule has 0 radical (unpaired) electrons. The first kappa shape index (κ1) is 14.4. The van der Waals surface area contributed by atoms with Gasteiger partial charge in [0, 0.05) is 5.02 Å². The lowest BCUT2D eigenvalue weighted by atomic mass is 10.2. The Morgan fingerprint density at radius 3 is 2.42 bits per heavy atom. The van der Waals surface area contributed by atoms with Crippen LogP contribution in [0.1, 0.15) is 11.1 Å². The lowest BCUT2D eigenvalue weighted by molar-refractivity contribution is 0.107. The minimum atomic E-state index is 0.546. The van der Waals surface area contributed by atoms with Crippen LogP contribution >= 0.6 is 27.5 Å². The van der Waals surface area contributed by atoms with Crippen LogP contribution in [0, 0.1) is 0 Å². The lowest BCUT2D eigenvalue weighted by Crippen LogP contribution is -1.95. The van der Waals surface area contributed by atoms with Crippen molar-refractivity contribution in [2.75, 3.05) is 7.11 Å². The first-order chi connectivity index (χ1) is 9.19. The van der Waals surface area contributed by atoms with E-state index in [1.807, 2.05) is 42.5 Å². The molecule has 0 amide bonds.